The number of fused-ring (bicyclic) bond motifs is 1. The van der Waals surface area contributed by atoms with Gasteiger partial charge in [0.15, 0.2) is 0 Å². The van der Waals surface area contributed by atoms with E-state index in [4.69, 9.17) is 4.74 Å². The zero-order valence-corrected chi connectivity index (χ0v) is 15.5. The molecule has 0 radical (unpaired) electrons. The van der Waals surface area contributed by atoms with Crippen molar-refractivity contribution >= 4 is 26.0 Å². The van der Waals surface area contributed by atoms with Gasteiger partial charge in [0.2, 0.25) is 10.0 Å². The van der Waals surface area contributed by atoms with Gasteiger partial charge in [0.1, 0.15) is 10.6 Å². The molecule has 0 saturated carbocycles. The number of hydrogen-bond acceptors (Lipinski definition) is 3. The molecule has 1 aliphatic rings. The molecule has 23 heavy (non-hydrogen) atoms. The highest BCUT2D eigenvalue weighted by Crippen LogP contribution is 2.35. The molecule has 7 heteroatoms. The maximum atomic E-state index is 13.2. The van der Waals surface area contributed by atoms with Gasteiger partial charge in [-0.2, -0.15) is 4.31 Å². The predicted octanol–water partition coefficient (Wildman–Crippen LogP) is 3.41. The summed E-state index contributed by atoms with van der Waals surface area (Å²) in [6.45, 7) is 5.28. The summed E-state index contributed by atoms with van der Waals surface area (Å²) in [7, 11) is -3.64. The molecule has 1 aromatic carbocycles. The third kappa shape index (κ3) is 2.93. The molecular formula is C16H19BrN2O3S. The summed E-state index contributed by atoms with van der Waals surface area (Å²) in [5.41, 5.74) is 1.01. The third-order valence-electron chi connectivity index (χ3n) is 4.08. The quantitative estimate of drug-likeness (QED) is 0.792. The molecule has 0 fully saturated rings. The first-order valence-electron chi connectivity index (χ1n) is 7.54. The van der Waals surface area contributed by atoms with Crippen LogP contribution >= 0.6 is 15.9 Å². The molecule has 2 aromatic rings. The summed E-state index contributed by atoms with van der Waals surface area (Å²) in [5, 5.41) is 0. The van der Waals surface area contributed by atoms with Crippen LogP contribution in [0, 0.1) is 0 Å². The highest BCUT2D eigenvalue weighted by molar-refractivity contribution is 9.10. The zero-order valence-electron chi connectivity index (χ0n) is 13.1. The van der Waals surface area contributed by atoms with Crippen molar-refractivity contribution in [1.29, 1.82) is 0 Å². The fourth-order valence-corrected chi connectivity index (χ4v) is 5.24. The van der Waals surface area contributed by atoms with Gasteiger partial charge in [-0.15, -0.1) is 0 Å². The number of nitrogens with zero attached hydrogens (tertiary/aromatic N) is 2. The minimum Gasteiger partial charge on any atom is -0.492 e. The molecule has 1 aliphatic heterocycles. The molecule has 0 bridgehead atoms. The summed E-state index contributed by atoms with van der Waals surface area (Å²) in [6, 6.07) is 8.80. The monoisotopic (exact) mass is 398 g/mol. The standard InChI is InChI=1S/C16H19BrN2O3S/c1-3-22-15-7-6-13(17)11-16(15)23(20,21)19-10-9-18-8-4-5-14(18)12(19)2/h4-8,11-12H,3,9-10H2,1-2H3/t12-/m0/s1. The maximum Gasteiger partial charge on any atom is 0.247 e. The van der Waals surface area contributed by atoms with Crippen LogP contribution in [0.2, 0.25) is 0 Å². The van der Waals surface area contributed by atoms with Gasteiger partial charge in [0.25, 0.3) is 0 Å². The second kappa shape index (κ2) is 6.30. The lowest BCUT2D eigenvalue weighted by Gasteiger charge is -2.34. The molecular weight excluding hydrogens is 380 g/mol. The molecule has 3 rings (SSSR count). The van der Waals surface area contributed by atoms with E-state index in [1.165, 1.54) is 0 Å². The first kappa shape index (κ1) is 16.5. The summed E-state index contributed by atoms with van der Waals surface area (Å²) in [5.74, 6) is 0.392. The molecule has 1 aromatic heterocycles. The highest BCUT2D eigenvalue weighted by atomic mass is 79.9. The lowest BCUT2D eigenvalue weighted by atomic mass is 10.2. The fourth-order valence-electron chi connectivity index (χ4n) is 2.97. The second-order valence-electron chi connectivity index (χ2n) is 5.44. The van der Waals surface area contributed by atoms with Crippen LogP contribution < -0.4 is 4.74 Å². The van der Waals surface area contributed by atoms with E-state index in [2.05, 4.69) is 20.5 Å². The zero-order chi connectivity index (χ0) is 16.6. The number of rotatable bonds is 4. The van der Waals surface area contributed by atoms with Crippen LogP contribution in [0.15, 0.2) is 45.9 Å². The van der Waals surface area contributed by atoms with E-state index >= 15 is 0 Å². The van der Waals surface area contributed by atoms with Crippen LogP contribution in [0.25, 0.3) is 0 Å². The van der Waals surface area contributed by atoms with E-state index in [0.717, 1.165) is 5.69 Å². The molecule has 2 heterocycles. The summed E-state index contributed by atoms with van der Waals surface area (Å²) in [4.78, 5) is 0.209. The Morgan fingerprint density at radius 1 is 1.30 bits per heavy atom. The van der Waals surface area contributed by atoms with Crippen LogP contribution in [0.3, 0.4) is 0 Å². The second-order valence-corrected chi connectivity index (χ2v) is 8.22. The van der Waals surface area contributed by atoms with Gasteiger partial charge in [0, 0.05) is 29.5 Å². The Bertz CT molecular complexity index is 816. The van der Waals surface area contributed by atoms with E-state index in [1.807, 2.05) is 32.2 Å². The van der Waals surface area contributed by atoms with Crippen molar-refractivity contribution in [1.82, 2.24) is 8.87 Å². The predicted molar refractivity (Wildman–Crippen MR) is 92.0 cm³/mol. The van der Waals surface area contributed by atoms with Crippen molar-refractivity contribution in [3.05, 3.63) is 46.7 Å². The van der Waals surface area contributed by atoms with Crippen molar-refractivity contribution in [2.45, 2.75) is 31.3 Å². The Balaban J connectivity index is 2.04. The number of halogens is 1. The number of sulfonamides is 1. The maximum absolute atomic E-state index is 13.2. The highest BCUT2D eigenvalue weighted by Gasteiger charge is 2.35. The van der Waals surface area contributed by atoms with Crippen LogP contribution in [-0.2, 0) is 16.6 Å². The Hall–Kier alpha value is -1.31. The average Bonchev–Trinajstić information content (AvgIpc) is 2.99. The first-order valence-corrected chi connectivity index (χ1v) is 9.77. The number of benzene rings is 1. The van der Waals surface area contributed by atoms with E-state index in [1.54, 1.807) is 22.5 Å². The fraction of sp³-hybridized carbons (Fsp3) is 0.375. The van der Waals surface area contributed by atoms with Gasteiger partial charge in [-0.1, -0.05) is 15.9 Å². The summed E-state index contributed by atoms with van der Waals surface area (Å²) in [6.07, 6.45) is 1.99. The van der Waals surface area contributed by atoms with Crippen LogP contribution in [0.4, 0.5) is 0 Å². The molecule has 0 spiro atoms. The number of aromatic nitrogens is 1. The van der Waals surface area contributed by atoms with E-state index in [0.29, 0.717) is 29.9 Å². The van der Waals surface area contributed by atoms with Crippen molar-refractivity contribution in [2.24, 2.45) is 0 Å². The topological polar surface area (TPSA) is 51.5 Å². The van der Waals surface area contributed by atoms with Crippen molar-refractivity contribution < 1.29 is 13.2 Å². The van der Waals surface area contributed by atoms with Gasteiger partial charge in [-0.3, -0.25) is 0 Å². The van der Waals surface area contributed by atoms with E-state index in [9.17, 15) is 8.42 Å². The molecule has 5 nitrogen and oxygen atoms in total. The van der Waals surface area contributed by atoms with Crippen molar-refractivity contribution in [3.8, 4) is 5.75 Å². The minimum atomic E-state index is -3.64. The van der Waals surface area contributed by atoms with Gasteiger partial charge in [-0.25, -0.2) is 8.42 Å². The molecule has 1 atom stereocenters. The summed E-state index contributed by atoms with van der Waals surface area (Å²) < 4.78 is 36.3. The van der Waals surface area contributed by atoms with Crippen LogP contribution in [0.5, 0.6) is 5.75 Å². The van der Waals surface area contributed by atoms with Gasteiger partial charge in [-0.05, 0) is 44.2 Å². The van der Waals surface area contributed by atoms with Gasteiger partial charge < -0.3 is 9.30 Å². The Kier molecular flexibility index (Phi) is 4.53. The lowest BCUT2D eigenvalue weighted by molar-refractivity contribution is 0.279. The van der Waals surface area contributed by atoms with Gasteiger partial charge in [0.05, 0.1) is 12.6 Å². The molecule has 0 amide bonds. The summed E-state index contributed by atoms with van der Waals surface area (Å²) >= 11 is 3.36. The average molecular weight is 399 g/mol. The SMILES string of the molecule is CCOc1ccc(Br)cc1S(=O)(=O)N1CCn2cccc2[C@@H]1C. The van der Waals surface area contributed by atoms with Crippen LogP contribution in [0.1, 0.15) is 25.6 Å². The van der Waals surface area contributed by atoms with Crippen molar-refractivity contribution in [2.75, 3.05) is 13.2 Å². The Labute approximate surface area is 145 Å². The first-order chi connectivity index (χ1) is 10.9. The largest absolute Gasteiger partial charge is 0.492 e. The van der Waals surface area contributed by atoms with E-state index < -0.39 is 10.0 Å². The molecule has 0 aliphatic carbocycles. The number of hydrogen-bond donors (Lipinski definition) is 0. The van der Waals surface area contributed by atoms with Crippen molar-refractivity contribution in [3.63, 3.8) is 0 Å². The number of ether oxygens (including phenoxy) is 1. The Morgan fingerprint density at radius 3 is 2.83 bits per heavy atom. The van der Waals surface area contributed by atoms with E-state index in [-0.39, 0.29) is 10.9 Å². The molecule has 0 saturated heterocycles. The smallest absolute Gasteiger partial charge is 0.247 e. The minimum absolute atomic E-state index is 0.209. The molecule has 124 valence electrons. The normalized spacial score (nSPS) is 18.7. The molecule has 0 N–H and O–H groups in total. The Morgan fingerprint density at radius 2 is 2.09 bits per heavy atom. The van der Waals surface area contributed by atoms with Crippen LogP contribution in [-0.4, -0.2) is 30.4 Å². The third-order valence-corrected chi connectivity index (χ3v) is 6.56. The lowest BCUT2D eigenvalue weighted by Crippen LogP contribution is -2.40. The van der Waals surface area contributed by atoms with Gasteiger partial charge >= 0.3 is 0 Å². The molecule has 0 unspecified atom stereocenters.